The Morgan fingerprint density at radius 3 is 2.57 bits per heavy atom. The zero-order valence-electron chi connectivity index (χ0n) is 10.9. The van der Waals surface area contributed by atoms with Crippen molar-refractivity contribution in [3.05, 3.63) is 57.8 Å². The zero-order chi connectivity index (χ0) is 15.2. The fourth-order valence-corrected chi connectivity index (χ4v) is 4.14. The Morgan fingerprint density at radius 2 is 1.90 bits per heavy atom. The number of fused-ring (bicyclic) bond motifs is 1. The average Bonchev–Trinajstić information content (AvgIpc) is 2.77. The van der Waals surface area contributed by atoms with E-state index < -0.39 is 10.0 Å². The monoisotopic (exact) mass is 384 g/mol. The molecule has 0 aliphatic heterocycles. The molecule has 0 spiro atoms. The molecular formula is C14H10BrClN2O2S. The molecule has 0 amide bonds. The van der Waals surface area contributed by atoms with Crippen molar-refractivity contribution in [2.45, 2.75) is 11.8 Å². The fraction of sp³-hybridized carbons (Fsp3) is 0.0714. The second kappa shape index (κ2) is 5.12. The number of aromatic nitrogens is 2. The van der Waals surface area contributed by atoms with Crippen LogP contribution in [0, 0.1) is 6.92 Å². The van der Waals surface area contributed by atoms with Crippen molar-refractivity contribution in [3.63, 3.8) is 0 Å². The Hall–Kier alpha value is -1.37. The lowest BCUT2D eigenvalue weighted by Gasteiger charge is -2.07. The number of pyridine rings is 1. The van der Waals surface area contributed by atoms with E-state index in [1.807, 2.05) is 6.92 Å². The number of halogens is 2. The highest BCUT2D eigenvalue weighted by molar-refractivity contribution is 9.10. The molecule has 0 atom stereocenters. The van der Waals surface area contributed by atoms with Gasteiger partial charge in [0.2, 0.25) is 0 Å². The minimum Gasteiger partial charge on any atom is -0.236 e. The average molecular weight is 386 g/mol. The van der Waals surface area contributed by atoms with Gasteiger partial charge in [-0.2, -0.15) is 0 Å². The van der Waals surface area contributed by atoms with E-state index >= 15 is 0 Å². The number of nitrogens with zero attached hydrogens (tertiary/aromatic N) is 2. The van der Waals surface area contributed by atoms with Crippen LogP contribution in [0.5, 0.6) is 0 Å². The van der Waals surface area contributed by atoms with Crippen molar-refractivity contribution >= 4 is 48.6 Å². The van der Waals surface area contributed by atoms with Gasteiger partial charge in [-0.15, -0.1) is 0 Å². The summed E-state index contributed by atoms with van der Waals surface area (Å²) in [6, 6.07) is 8.37. The maximum atomic E-state index is 12.7. The highest BCUT2D eigenvalue weighted by Gasteiger charge is 2.21. The Kier molecular flexibility index (Phi) is 3.55. The summed E-state index contributed by atoms with van der Waals surface area (Å²) in [4.78, 5) is 4.35. The first-order valence-electron chi connectivity index (χ1n) is 6.04. The molecule has 0 radical (unpaired) electrons. The van der Waals surface area contributed by atoms with E-state index in [1.165, 1.54) is 12.4 Å². The van der Waals surface area contributed by atoms with Crippen LogP contribution in [0.4, 0.5) is 0 Å². The predicted molar refractivity (Wildman–Crippen MR) is 86.2 cm³/mol. The molecule has 0 saturated heterocycles. The van der Waals surface area contributed by atoms with Gasteiger partial charge in [0.05, 0.1) is 9.92 Å². The second-order valence-corrected chi connectivity index (χ2v) is 7.72. The van der Waals surface area contributed by atoms with E-state index in [1.54, 1.807) is 30.3 Å². The molecule has 0 unspecified atom stereocenters. The van der Waals surface area contributed by atoms with Gasteiger partial charge in [0, 0.05) is 22.3 Å². The lowest BCUT2D eigenvalue weighted by molar-refractivity contribution is 0.588. The van der Waals surface area contributed by atoms with Crippen LogP contribution in [0.1, 0.15) is 5.56 Å². The molecule has 21 heavy (non-hydrogen) atoms. The lowest BCUT2D eigenvalue weighted by atomic mass is 10.2. The van der Waals surface area contributed by atoms with Crippen LogP contribution in [-0.4, -0.2) is 17.4 Å². The predicted octanol–water partition coefficient (Wildman–Crippen LogP) is 4.00. The molecule has 0 bridgehead atoms. The standard InChI is InChI=1S/C14H10BrClN2O2S/c1-9-2-4-11(5-3-9)21(19,20)18-8-13(15)12-6-10(16)7-17-14(12)18/h2-8H,1H3. The molecule has 0 aliphatic carbocycles. The lowest BCUT2D eigenvalue weighted by Crippen LogP contribution is -2.12. The molecule has 0 N–H and O–H groups in total. The molecule has 1 aromatic carbocycles. The normalized spacial score (nSPS) is 12.0. The number of hydrogen-bond donors (Lipinski definition) is 0. The topological polar surface area (TPSA) is 52.0 Å². The molecule has 2 aromatic heterocycles. The second-order valence-electron chi connectivity index (χ2n) is 4.62. The number of aryl methyl sites for hydroxylation is 1. The highest BCUT2D eigenvalue weighted by atomic mass is 79.9. The molecule has 2 heterocycles. The molecule has 0 saturated carbocycles. The molecule has 7 heteroatoms. The van der Waals surface area contributed by atoms with Gasteiger partial charge in [0.15, 0.2) is 5.65 Å². The van der Waals surface area contributed by atoms with Crippen molar-refractivity contribution in [1.82, 2.24) is 8.96 Å². The largest absolute Gasteiger partial charge is 0.269 e. The molecule has 108 valence electrons. The van der Waals surface area contributed by atoms with E-state index in [0.717, 1.165) is 9.54 Å². The summed E-state index contributed by atoms with van der Waals surface area (Å²) in [6.45, 7) is 1.90. The Bertz CT molecular complexity index is 934. The summed E-state index contributed by atoms with van der Waals surface area (Å²) in [7, 11) is -3.69. The van der Waals surface area contributed by atoms with Crippen LogP contribution < -0.4 is 0 Å². The number of hydrogen-bond acceptors (Lipinski definition) is 3. The number of benzene rings is 1. The third kappa shape index (κ3) is 2.47. The van der Waals surface area contributed by atoms with E-state index in [-0.39, 0.29) is 4.90 Å². The van der Waals surface area contributed by atoms with Gasteiger partial charge in [0.25, 0.3) is 10.0 Å². The quantitative estimate of drug-likeness (QED) is 0.670. The van der Waals surface area contributed by atoms with Crippen LogP contribution in [0.25, 0.3) is 11.0 Å². The van der Waals surface area contributed by atoms with Crippen molar-refractivity contribution in [3.8, 4) is 0 Å². The summed E-state index contributed by atoms with van der Waals surface area (Å²) in [5.41, 5.74) is 1.34. The van der Waals surface area contributed by atoms with Gasteiger partial charge in [-0.05, 0) is 41.1 Å². The highest BCUT2D eigenvalue weighted by Crippen LogP contribution is 2.29. The Morgan fingerprint density at radius 1 is 1.24 bits per heavy atom. The van der Waals surface area contributed by atoms with Crippen LogP contribution in [-0.2, 0) is 10.0 Å². The summed E-state index contributed by atoms with van der Waals surface area (Å²) in [6.07, 6.45) is 2.92. The first-order chi connectivity index (χ1) is 9.89. The maximum Gasteiger partial charge on any atom is 0.269 e. The molecule has 3 aromatic rings. The summed E-state index contributed by atoms with van der Waals surface area (Å²) in [5.74, 6) is 0. The minimum absolute atomic E-state index is 0.217. The van der Waals surface area contributed by atoms with Crippen molar-refractivity contribution < 1.29 is 8.42 Å². The first kappa shape index (κ1) is 14.6. The summed E-state index contributed by atoms with van der Waals surface area (Å²) in [5, 5.41) is 1.10. The molecule has 0 fully saturated rings. The maximum absolute atomic E-state index is 12.7. The van der Waals surface area contributed by atoms with Crippen molar-refractivity contribution in [2.24, 2.45) is 0 Å². The summed E-state index contributed by atoms with van der Waals surface area (Å²) >= 11 is 9.25. The van der Waals surface area contributed by atoms with Crippen LogP contribution in [0.3, 0.4) is 0 Å². The van der Waals surface area contributed by atoms with Crippen molar-refractivity contribution in [2.75, 3.05) is 0 Å². The smallest absolute Gasteiger partial charge is 0.236 e. The SMILES string of the molecule is Cc1ccc(S(=O)(=O)n2cc(Br)c3cc(Cl)cnc32)cc1. The van der Waals surface area contributed by atoms with Crippen molar-refractivity contribution in [1.29, 1.82) is 0 Å². The van der Waals surface area contributed by atoms with Gasteiger partial charge >= 0.3 is 0 Å². The third-order valence-corrected chi connectivity index (χ3v) is 5.61. The fourth-order valence-electron chi connectivity index (χ4n) is 2.02. The van der Waals surface area contributed by atoms with Crippen LogP contribution >= 0.6 is 27.5 Å². The Balaban J connectivity index is 2.26. The van der Waals surface area contributed by atoms with Gasteiger partial charge in [-0.25, -0.2) is 17.4 Å². The van der Waals surface area contributed by atoms with Gasteiger partial charge in [-0.3, -0.25) is 0 Å². The van der Waals surface area contributed by atoms with E-state index in [2.05, 4.69) is 20.9 Å². The van der Waals surface area contributed by atoms with Gasteiger partial charge < -0.3 is 0 Å². The summed E-state index contributed by atoms with van der Waals surface area (Å²) < 4.78 is 27.2. The van der Waals surface area contributed by atoms with E-state index in [0.29, 0.717) is 20.5 Å². The zero-order valence-corrected chi connectivity index (χ0v) is 14.1. The Labute approximate surface area is 135 Å². The molecule has 0 aliphatic rings. The van der Waals surface area contributed by atoms with E-state index in [9.17, 15) is 8.42 Å². The van der Waals surface area contributed by atoms with Crippen LogP contribution in [0.15, 0.2) is 52.1 Å². The van der Waals surface area contributed by atoms with Gasteiger partial charge in [-0.1, -0.05) is 29.3 Å². The number of rotatable bonds is 2. The minimum atomic E-state index is -3.69. The molecule has 3 rings (SSSR count). The van der Waals surface area contributed by atoms with E-state index in [4.69, 9.17) is 11.6 Å². The molecular weight excluding hydrogens is 376 g/mol. The third-order valence-electron chi connectivity index (χ3n) is 3.11. The molecule has 4 nitrogen and oxygen atoms in total. The van der Waals surface area contributed by atoms with Gasteiger partial charge in [0.1, 0.15) is 0 Å². The van der Waals surface area contributed by atoms with Crippen LogP contribution in [0.2, 0.25) is 5.02 Å². The first-order valence-corrected chi connectivity index (χ1v) is 8.65.